The third-order valence-corrected chi connectivity index (χ3v) is 2.35. The zero-order valence-corrected chi connectivity index (χ0v) is 10.2. The van der Waals surface area contributed by atoms with Crippen LogP contribution in [0.4, 0.5) is 4.39 Å². The number of benzene rings is 1. The highest BCUT2D eigenvalue weighted by Crippen LogP contribution is 2.09. The molecule has 0 spiro atoms. The topological polar surface area (TPSA) is 21.3 Å². The first kappa shape index (κ1) is 13.1. The molecule has 0 unspecified atom stereocenters. The minimum Gasteiger partial charge on any atom is -0.377 e. The summed E-state index contributed by atoms with van der Waals surface area (Å²) in [7, 11) is 0. The van der Waals surface area contributed by atoms with Gasteiger partial charge in [-0.2, -0.15) is 0 Å². The van der Waals surface area contributed by atoms with Crippen molar-refractivity contribution >= 4 is 0 Å². The van der Waals surface area contributed by atoms with Crippen LogP contribution in [0.1, 0.15) is 25.0 Å². The molecule has 2 nitrogen and oxygen atoms in total. The Hall–Kier alpha value is -0.930. The average Bonchev–Trinajstić information content (AvgIpc) is 2.20. The normalized spacial score (nSPS) is 11.1. The van der Waals surface area contributed by atoms with Crippen molar-refractivity contribution in [3.8, 4) is 0 Å². The molecular formula is C13H20FNO. The van der Waals surface area contributed by atoms with Crippen molar-refractivity contribution in [2.24, 2.45) is 0 Å². The predicted octanol–water partition coefficient (Wildman–Crippen LogP) is 2.65. The second kappa shape index (κ2) is 6.61. The Morgan fingerprint density at radius 3 is 2.75 bits per heavy atom. The monoisotopic (exact) mass is 225 g/mol. The lowest BCUT2D eigenvalue weighted by Crippen LogP contribution is -2.21. The van der Waals surface area contributed by atoms with Crippen molar-refractivity contribution in [1.29, 1.82) is 0 Å². The van der Waals surface area contributed by atoms with Crippen LogP contribution >= 0.6 is 0 Å². The Morgan fingerprint density at radius 2 is 2.12 bits per heavy atom. The minimum atomic E-state index is -0.176. The number of rotatable bonds is 6. The first-order chi connectivity index (χ1) is 7.59. The number of aryl methyl sites for hydroxylation is 1. The van der Waals surface area contributed by atoms with Crippen LogP contribution < -0.4 is 5.32 Å². The van der Waals surface area contributed by atoms with Gasteiger partial charge in [0, 0.05) is 13.1 Å². The smallest absolute Gasteiger partial charge is 0.123 e. The van der Waals surface area contributed by atoms with E-state index in [0.717, 1.165) is 24.2 Å². The van der Waals surface area contributed by atoms with Crippen LogP contribution in [0.5, 0.6) is 0 Å². The lowest BCUT2D eigenvalue weighted by Gasteiger charge is -2.10. The van der Waals surface area contributed by atoms with Crippen molar-refractivity contribution in [3.05, 3.63) is 35.1 Å². The zero-order valence-electron chi connectivity index (χ0n) is 10.2. The molecule has 0 fully saturated rings. The highest BCUT2D eigenvalue weighted by Gasteiger charge is 1.99. The van der Waals surface area contributed by atoms with Gasteiger partial charge in [-0.25, -0.2) is 4.39 Å². The Bertz CT molecular complexity index is 326. The Morgan fingerprint density at radius 1 is 1.38 bits per heavy atom. The van der Waals surface area contributed by atoms with E-state index in [2.05, 4.69) is 5.32 Å². The van der Waals surface area contributed by atoms with Gasteiger partial charge in [0.2, 0.25) is 0 Å². The van der Waals surface area contributed by atoms with Gasteiger partial charge in [-0.1, -0.05) is 6.07 Å². The standard InChI is InChI=1S/C13H20FNO/c1-10(2)16-7-6-15-9-12-4-5-13(14)8-11(12)3/h4-5,8,10,15H,6-7,9H2,1-3H3. The molecule has 0 aliphatic heterocycles. The molecule has 3 heteroatoms. The van der Waals surface area contributed by atoms with Crippen LogP contribution in [0.2, 0.25) is 0 Å². The van der Waals surface area contributed by atoms with Crippen molar-refractivity contribution in [1.82, 2.24) is 5.32 Å². The van der Waals surface area contributed by atoms with E-state index in [-0.39, 0.29) is 11.9 Å². The van der Waals surface area contributed by atoms with Crippen molar-refractivity contribution in [2.75, 3.05) is 13.2 Å². The molecule has 0 aliphatic rings. The molecule has 90 valence electrons. The fourth-order valence-electron chi connectivity index (χ4n) is 1.45. The summed E-state index contributed by atoms with van der Waals surface area (Å²) in [6, 6.07) is 4.87. The molecule has 1 aromatic carbocycles. The summed E-state index contributed by atoms with van der Waals surface area (Å²) in [6.45, 7) is 8.24. The van der Waals surface area contributed by atoms with E-state index in [1.807, 2.05) is 26.8 Å². The van der Waals surface area contributed by atoms with Crippen molar-refractivity contribution in [3.63, 3.8) is 0 Å². The lowest BCUT2D eigenvalue weighted by atomic mass is 10.1. The van der Waals surface area contributed by atoms with E-state index in [9.17, 15) is 4.39 Å². The fourth-order valence-corrected chi connectivity index (χ4v) is 1.45. The van der Waals surface area contributed by atoms with Crippen molar-refractivity contribution in [2.45, 2.75) is 33.4 Å². The largest absolute Gasteiger partial charge is 0.377 e. The number of halogens is 1. The zero-order chi connectivity index (χ0) is 12.0. The summed E-state index contributed by atoms with van der Waals surface area (Å²) in [5.41, 5.74) is 2.11. The molecule has 0 atom stereocenters. The maximum atomic E-state index is 12.8. The molecular weight excluding hydrogens is 205 g/mol. The average molecular weight is 225 g/mol. The SMILES string of the molecule is Cc1cc(F)ccc1CNCCOC(C)C. The van der Waals surface area contributed by atoms with E-state index in [0.29, 0.717) is 6.61 Å². The molecule has 0 aliphatic carbocycles. The van der Waals surface area contributed by atoms with Gasteiger partial charge in [-0.05, 0) is 44.0 Å². The molecule has 0 heterocycles. The predicted molar refractivity (Wildman–Crippen MR) is 63.9 cm³/mol. The second-order valence-corrected chi connectivity index (χ2v) is 4.17. The number of hydrogen-bond donors (Lipinski definition) is 1. The Balaban J connectivity index is 2.27. The second-order valence-electron chi connectivity index (χ2n) is 4.17. The molecule has 0 saturated heterocycles. The van der Waals surface area contributed by atoms with Gasteiger partial charge in [-0.15, -0.1) is 0 Å². The molecule has 0 amide bonds. The van der Waals surface area contributed by atoms with Gasteiger partial charge in [0.15, 0.2) is 0 Å². The van der Waals surface area contributed by atoms with E-state index < -0.39 is 0 Å². The first-order valence-corrected chi connectivity index (χ1v) is 5.67. The number of ether oxygens (including phenoxy) is 1. The van der Waals surface area contributed by atoms with Crippen LogP contribution in [0.25, 0.3) is 0 Å². The summed E-state index contributed by atoms with van der Waals surface area (Å²) in [5.74, 6) is -0.176. The maximum Gasteiger partial charge on any atom is 0.123 e. The third kappa shape index (κ3) is 4.73. The van der Waals surface area contributed by atoms with Crippen LogP contribution in [-0.4, -0.2) is 19.3 Å². The summed E-state index contributed by atoms with van der Waals surface area (Å²) in [6.07, 6.45) is 0.273. The van der Waals surface area contributed by atoms with Crippen molar-refractivity contribution < 1.29 is 9.13 Å². The first-order valence-electron chi connectivity index (χ1n) is 5.67. The summed E-state index contributed by atoms with van der Waals surface area (Å²) in [4.78, 5) is 0. The summed E-state index contributed by atoms with van der Waals surface area (Å²) < 4.78 is 18.2. The molecule has 0 radical (unpaired) electrons. The number of nitrogens with one attached hydrogen (secondary N) is 1. The van der Waals surface area contributed by atoms with Gasteiger partial charge in [0.1, 0.15) is 5.82 Å². The van der Waals surface area contributed by atoms with Crippen LogP contribution in [-0.2, 0) is 11.3 Å². The molecule has 0 aromatic heterocycles. The molecule has 1 N–H and O–H groups in total. The molecule has 16 heavy (non-hydrogen) atoms. The third-order valence-electron chi connectivity index (χ3n) is 2.35. The van der Waals surface area contributed by atoms with Crippen LogP contribution in [0, 0.1) is 12.7 Å². The highest BCUT2D eigenvalue weighted by atomic mass is 19.1. The number of hydrogen-bond acceptors (Lipinski definition) is 2. The lowest BCUT2D eigenvalue weighted by molar-refractivity contribution is 0.0807. The van der Waals surface area contributed by atoms with Gasteiger partial charge < -0.3 is 10.1 Å². The van der Waals surface area contributed by atoms with E-state index in [1.54, 1.807) is 6.07 Å². The molecule has 0 saturated carbocycles. The molecule has 0 bridgehead atoms. The van der Waals surface area contributed by atoms with E-state index in [1.165, 1.54) is 6.07 Å². The Labute approximate surface area is 96.8 Å². The van der Waals surface area contributed by atoms with Gasteiger partial charge in [-0.3, -0.25) is 0 Å². The fraction of sp³-hybridized carbons (Fsp3) is 0.538. The molecule has 1 aromatic rings. The van der Waals surface area contributed by atoms with E-state index in [4.69, 9.17) is 4.74 Å². The molecule has 1 rings (SSSR count). The van der Waals surface area contributed by atoms with Gasteiger partial charge in [0.05, 0.1) is 12.7 Å². The van der Waals surface area contributed by atoms with Gasteiger partial charge in [0.25, 0.3) is 0 Å². The summed E-state index contributed by atoms with van der Waals surface area (Å²) in [5, 5.41) is 3.27. The van der Waals surface area contributed by atoms with Crippen LogP contribution in [0.3, 0.4) is 0 Å². The minimum absolute atomic E-state index is 0.176. The quantitative estimate of drug-likeness (QED) is 0.751. The van der Waals surface area contributed by atoms with E-state index >= 15 is 0 Å². The maximum absolute atomic E-state index is 12.8. The Kier molecular flexibility index (Phi) is 5.43. The van der Waals surface area contributed by atoms with Gasteiger partial charge >= 0.3 is 0 Å². The van der Waals surface area contributed by atoms with Crippen LogP contribution in [0.15, 0.2) is 18.2 Å². The summed E-state index contributed by atoms with van der Waals surface area (Å²) >= 11 is 0. The highest BCUT2D eigenvalue weighted by molar-refractivity contribution is 5.26.